The fourth-order valence-electron chi connectivity index (χ4n) is 2.33. The number of amides is 1. The zero-order valence-electron chi connectivity index (χ0n) is 16.3. The monoisotopic (exact) mass is 417 g/mol. The SMILES string of the molecule is COc1ccc(CC(=O)Nc2ncc(SCc3ncc(C(C)(C)C)o3)s2)cc1. The number of hydrogen-bond donors (Lipinski definition) is 1. The maximum atomic E-state index is 12.2. The summed E-state index contributed by atoms with van der Waals surface area (Å²) in [5.41, 5.74) is 0.866. The van der Waals surface area contributed by atoms with Crippen LogP contribution in [0, 0.1) is 0 Å². The second kappa shape index (κ2) is 8.79. The molecule has 0 fully saturated rings. The number of rotatable bonds is 7. The summed E-state index contributed by atoms with van der Waals surface area (Å²) >= 11 is 3.03. The molecule has 1 aromatic carbocycles. The van der Waals surface area contributed by atoms with Crippen LogP contribution in [0.4, 0.5) is 5.13 Å². The van der Waals surface area contributed by atoms with E-state index >= 15 is 0 Å². The highest BCUT2D eigenvalue weighted by atomic mass is 32.2. The fraction of sp³-hybridized carbons (Fsp3) is 0.350. The Morgan fingerprint density at radius 1 is 1.21 bits per heavy atom. The van der Waals surface area contributed by atoms with Crippen molar-refractivity contribution in [3.05, 3.63) is 53.9 Å². The van der Waals surface area contributed by atoms with E-state index in [1.165, 1.54) is 11.3 Å². The molecule has 0 radical (unpaired) electrons. The highest BCUT2D eigenvalue weighted by Crippen LogP contribution is 2.31. The molecule has 1 amide bonds. The molecule has 6 nitrogen and oxygen atoms in total. The number of carbonyl (C=O) groups excluding carboxylic acids is 1. The molecule has 0 aliphatic carbocycles. The van der Waals surface area contributed by atoms with Gasteiger partial charge in [0.15, 0.2) is 5.13 Å². The lowest BCUT2D eigenvalue weighted by molar-refractivity contribution is -0.115. The molecule has 8 heteroatoms. The van der Waals surface area contributed by atoms with Crippen LogP contribution in [0.3, 0.4) is 0 Å². The zero-order valence-corrected chi connectivity index (χ0v) is 17.9. The van der Waals surface area contributed by atoms with Crippen molar-refractivity contribution in [2.24, 2.45) is 0 Å². The predicted octanol–water partition coefficient (Wildman–Crippen LogP) is 4.91. The number of ether oxygens (including phenoxy) is 1. The number of nitrogens with one attached hydrogen (secondary N) is 1. The van der Waals surface area contributed by atoms with Crippen molar-refractivity contribution in [2.75, 3.05) is 12.4 Å². The van der Waals surface area contributed by atoms with Crippen molar-refractivity contribution >= 4 is 34.1 Å². The summed E-state index contributed by atoms with van der Waals surface area (Å²) in [7, 11) is 1.62. The van der Waals surface area contributed by atoms with Crippen molar-refractivity contribution < 1.29 is 13.9 Å². The van der Waals surface area contributed by atoms with E-state index in [9.17, 15) is 4.79 Å². The van der Waals surface area contributed by atoms with Gasteiger partial charge in [-0.15, -0.1) is 11.8 Å². The molecule has 2 aromatic heterocycles. The molecule has 0 saturated carbocycles. The van der Waals surface area contributed by atoms with Gasteiger partial charge >= 0.3 is 0 Å². The summed E-state index contributed by atoms with van der Waals surface area (Å²) in [6.07, 6.45) is 3.83. The number of thiazole rings is 1. The fourth-order valence-corrected chi connectivity index (χ4v) is 4.07. The minimum atomic E-state index is -0.0985. The average Bonchev–Trinajstić information content (AvgIpc) is 3.29. The first-order valence-corrected chi connectivity index (χ1v) is 10.6. The maximum absolute atomic E-state index is 12.2. The van der Waals surface area contributed by atoms with Gasteiger partial charge in [-0.25, -0.2) is 9.97 Å². The number of carbonyl (C=O) groups is 1. The first kappa shape index (κ1) is 20.4. The van der Waals surface area contributed by atoms with Gasteiger partial charge < -0.3 is 14.5 Å². The summed E-state index contributed by atoms with van der Waals surface area (Å²) in [6.45, 7) is 6.28. The Hall–Kier alpha value is -2.32. The van der Waals surface area contributed by atoms with Crippen LogP contribution in [0.25, 0.3) is 0 Å². The largest absolute Gasteiger partial charge is 0.497 e. The van der Waals surface area contributed by atoms with Crippen LogP contribution in [0.1, 0.15) is 38.0 Å². The van der Waals surface area contributed by atoms with E-state index in [2.05, 4.69) is 36.1 Å². The molecule has 0 aliphatic heterocycles. The first-order valence-electron chi connectivity index (χ1n) is 8.80. The van der Waals surface area contributed by atoms with Gasteiger partial charge in [-0.1, -0.05) is 44.2 Å². The van der Waals surface area contributed by atoms with Crippen LogP contribution < -0.4 is 10.1 Å². The molecule has 0 spiro atoms. The van der Waals surface area contributed by atoms with E-state index in [0.717, 1.165) is 21.3 Å². The molecule has 3 aromatic rings. The Morgan fingerprint density at radius 3 is 2.61 bits per heavy atom. The molecule has 0 unspecified atom stereocenters. The molecule has 0 saturated heterocycles. The van der Waals surface area contributed by atoms with Crippen LogP contribution in [-0.4, -0.2) is 23.0 Å². The molecule has 0 aliphatic rings. The van der Waals surface area contributed by atoms with E-state index in [1.54, 1.807) is 31.3 Å². The van der Waals surface area contributed by atoms with Gasteiger partial charge in [0.25, 0.3) is 0 Å². The summed E-state index contributed by atoms with van der Waals surface area (Å²) in [4.78, 5) is 20.8. The molecule has 1 N–H and O–H groups in total. The van der Waals surface area contributed by atoms with Gasteiger partial charge in [0.1, 0.15) is 11.5 Å². The van der Waals surface area contributed by atoms with Crippen LogP contribution in [0.5, 0.6) is 5.75 Å². The Kier molecular flexibility index (Phi) is 6.41. The summed E-state index contributed by atoms with van der Waals surface area (Å²) in [5, 5.41) is 3.43. The first-order chi connectivity index (χ1) is 13.3. The van der Waals surface area contributed by atoms with Crippen molar-refractivity contribution in [2.45, 2.75) is 42.6 Å². The molecule has 2 heterocycles. The van der Waals surface area contributed by atoms with Gasteiger partial charge in [0.2, 0.25) is 11.8 Å². The second-order valence-electron chi connectivity index (χ2n) is 7.21. The second-order valence-corrected chi connectivity index (χ2v) is 9.52. The minimum Gasteiger partial charge on any atom is -0.497 e. The Bertz CT molecular complexity index is 927. The number of thioether (sulfide) groups is 1. The molecular formula is C20H23N3O3S2. The Balaban J connectivity index is 1.50. The standard InChI is InChI=1S/C20H23N3O3S2/c1-20(2,3)15-10-21-17(26-15)12-27-18-11-22-19(28-18)23-16(24)9-13-5-7-14(25-4)8-6-13/h5-8,10-11H,9,12H2,1-4H3,(H,22,23,24). The van der Waals surface area contributed by atoms with Crippen LogP contribution in [-0.2, 0) is 22.4 Å². The number of nitrogens with zero attached hydrogens (tertiary/aromatic N) is 2. The smallest absolute Gasteiger partial charge is 0.230 e. The van der Waals surface area contributed by atoms with Crippen molar-refractivity contribution in [1.82, 2.24) is 9.97 Å². The molecular weight excluding hydrogens is 394 g/mol. The molecule has 0 bridgehead atoms. The van der Waals surface area contributed by atoms with Crippen molar-refractivity contribution in [3.63, 3.8) is 0 Å². The average molecular weight is 418 g/mol. The van der Waals surface area contributed by atoms with Gasteiger partial charge in [-0.2, -0.15) is 0 Å². The third-order valence-corrected chi connectivity index (χ3v) is 5.98. The van der Waals surface area contributed by atoms with Crippen LogP contribution in [0.15, 0.2) is 45.3 Å². The number of methoxy groups -OCH3 is 1. The number of anilines is 1. The predicted molar refractivity (Wildman–Crippen MR) is 112 cm³/mol. The van der Waals surface area contributed by atoms with E-state index in [1.807, 2.05) is 24.3 Å². The third-order valence-electron chi connectivity index (χ3n) is 3.89. The number of oxazole rings is 1. The lowest BCUT2D eigenvalue weighted by Gasteiger charge is -2.12. The topological polar surface area (TPSA) is 77.2 Å². The highest BCUT2D eigenvalue weighted by Gasteiger charge is 2.19. The lowest BCUT2D eigenvalue weighted by Crippen LogP contribution is -2.14. The van der Waals surface area contributed by atoms with E-state index in [-0.39, 0.29) is 17.7 Å². The van der Waals surface area contributed by atoms with Gasteiger partial charge in [0.05, 0.1) is 35.9 Å². The number of aromatic nitrogens is 2. The van der Waals surface area contributed by atoms with Crippen molar-refractivity contribution in [3.8, 4) is 5.75 Å². The normalized spacial score (nSPS) is 11.4. The summed E-state index contributed by atoms with van der Waals surface area (Å²) < 4.78 is 11.9. The molecule has 148 valence electrons. The van der Waals surface area contributed by atoms with Crippen LogP contribution in [0.2, 0.25) is 0 Å². The van der Waals surface area contributed by atoms with Gasteiger partial charge in [-0.05, 0) is 17.7 Å². The summed E-state index contributed by atoms with van der Waals surface area (Å²) in [5.74, 6) is 2.86. The summed E-state index contributed by atoms with van der Waals surface area (Å²) in [6, 6.07) is 7.44. The van der Waals surface area contributed by atoms with Gasteiger partial charge in [-0.3, -0.25) is 4.79 Å². The quantitative estimate of drug-likeness (QED) is 0.550. The zero-order chi connectivity index (χ0) is 20.1. The van der Waals surface area contributed by atoms with E-state index in [0.29, 0.717) is 16.8 Å². The van der Waals surface area contributed by atoms with Crippen LogP contribution >= 0.6 is 23.1 Å². The highest BCUT2D eigenvalue weighted by molar-refractivity contribution is 8.00. The minimum absolute atomic E-state index is 0.0538. The number of hydrogen-bond acceptors (Lipinski definition) is 7. The number of benzene rings is 1. The maximum Gasteiger partial charge on any atom is 0.230 e. The molecule has 0 atom stereocenters. The third kappa shape index (κ3) is 5.59. The van der Waals surface area contributed by atoms with E-state index in [4.69, 9.17) is 9.15 Å². The Morgan fingerprint density at radius 2 is 1.96 bits per heavy atom. The van der Waals surface area contributed by atoms with Gasteiger partial charge in [0, 0.05) is 5.41 Å². The van der Waals surface area contributed by atoms with E-state index < -0.39 is 0 Å². The van der Waals surface area contributed by atoms with Crippen molar-refractivity contribution in [1.29, 1.82) is 0 Å². The molecule has 28 heavy (non-hydrogen) atoms. The lowest BCUT2D eigenvalue weighted by atomic mass is 9.94. The Labute approximate surface area is 172 Å². The molecule has 3 rings (SSSR count).